The van der Waals surface area contributed by atoms with Crippen LogP contribution < -0.4 is 10.1 Å². The lowest BCUT2D eigenvalue weighted by molar-refractivity contribution is 0.468. The fourth-order valence-corrected chi connectivity index (χ4v) is 1.80. The van der Waals surface area contributed by atoms with Gasteiger partial charge in [0.25, 0.3) is 0 Å². The Labute approximate surface area is 110 Å². The Kier molecular flexibility index (Phi) is 2.75. The van der Waals surface area contributed by atoms with E-state index in [2.05, 4.69) is 20.4 Å². The molecular formula is C13H13N5O. The Hall–Kier alpha value is -2.63. The fraction of sp³-hybridized carbons (Fsp3) is 0.154. The molecule has 6 nitrogen and oxygen atoms in total. The minimum atomic E-state index is 0.517. The van der Waals surface area contributed by atoms with E-state index in [1.54, 1.807) is 24.1 Å². The summed E-state index contributed by atoms with van der Waals surface area (Å²) in [5.74, 6) is 1.69. The molecule has 19 heavy (non-hydrogen) atoms. The zero-order valence-corrected chi connectivity index (χ0v) is 10.7. The molecule has 96 valence electrons. The van der Waals surface area contributed by atoms with E-state index in [0.717, 1.165) is 10.9 Å². The van der Waals surface area contributed by atoms with Gasteiger partial charge < -0.3 is 10.1 Å². The van der Waals surface area contributed by atoms with Crippen LogP contribution in [0, 0.1) is 0 Å². The van der Waals surface area contributed by atoms with Crippen molar-refractivity contribution in [3.63, 3.8) is 0 Å². The lowest BCUT2D eigenvalue weighted by atomic mass is 10.2. The van der Waals surface area contributed by atoms with Crippen LogP contribution in [0.25, 0.3) is 10.9 Å². The fourth-order valence-electron chi connectivity index (χ4n) is 1.80. The molecule has 0 aliphatic carbocycles. The van der Waals surface area contributed by atoms with Gasteiger partial charge >= 0.3 is 0 Å². The first-order valence-electron chi connectivity index (χ1n) is 5.87. The van der Waals surface area contributed by atoms with Crippen molar-refractivity contribution in [2.45, 2.75) is 0 Å². The second-order valence-corrected chi connectivity index (χ2v) is 4.07. The quantitative estimate of drug-likeness (QED) is 0.777. The molecule has 2 aromatic heterocycles. The van der Waals surface area contributed by atoms with E-state index in [1.165, 1.54) is 0 Å². The smallest absolute Gasteiger partial charge is 0.232 e. The van der Waals surface area contributed by atoms with E-state index < -0.39 is 0 Å². The lowest BCUT2D eigenvalue weighted by Gasteiger charge is -2.07. The number of benzene rings is 1. The molecule has 0 bridgehead atoms. The summed E-state index contributed by atoms with van der Waals surface area (Å²) in [4.78, 5) is 8.72. The lowest BCUT2D eigenvalue weighted by Crippen LogP contribution is -1.99. The number of nitrogens with zero attached hydrogens (tertiary/aromatic N) is 4. The van der Waals surface area contributed by atoms with Crippen LogP contribution in [0.1, 0.15) is 0 Å². The molecule has 0 amide bonds. The number of rotatable bonds is 3. The molecule has 3 aromatic rings. The summed E-state index contributed by atoms with van der Waals surface area (Å²) in [6.07, 6.45) is 3.44. The Balaban J connectivity index is 2.10. The molecule has 0 saturated carbocycles. The van der Waals surface area contributed by atoms with Crippen molar-refractivity contribution in [3.05, 3.63) is 36.7 Å². The number of anilines is 1. The molecule has 0 radical (unpaired) electrons. The van der Waals surface area contributed by atoms with Gasteiger partial charge in [-0.15, -0.1) is 0 Å². The second kappa shape index (κ2) is 4.56. The maximum absolute atomic E-state index is 5.78. The Morgan fingerprint density at radius 2 is 2.05 bits per heavy atom. The number of aryl methyl sites for hydroxylation is 1. The summed E-state index contributed by atoms with van der Waals surface area (Å²) in [6, 6.07) is 7.72. The molecule has 0 unspecified atom stereocenters. The van der Waals surface area contributed by atoms with Gasteiger partial charge in [-0.2, -0.15) is 10.1 Å². The third kappa shape index (κ3) is 2.20. The molecule has 6 heteroatoms. The maximum atomic E-state index is 5.78. The van der Waals surface area contributed by atoms with E-state index in [4.69, 9.17) is 4.74 Å². The minimum absolute atomic E-state index is 0.517. The Morgan fingerprint density at radius 3 is 2.79 bits per heavy atom. The molecule has 2 heterocycles. The third-order valence-corrected chi connectivity index (χ3v) is 2.69. The minimum Gasteiger partial charge on any atom is -0.435 e. The molecule has 0 aliphatic rings. The van der Waals surface area contributed by atoms with Crippen molar-refractivity contribution in [3.8, 4) is 11.6 Å². The number of aromatic nitrogens is 4. The van der Waals surface area contributed by atoms with E-state index >= 15 is 0 Å². The van der Waals surface area contributed by atoms with Crippen LogP contribution in [0.3, 0.4) is 0 Å². The van der Waals surface area contributed by atoms with Crippen molar-refractivity contribution < 1.29 is 4.74 Å². The van der Waals surface area contributed by atoms with Gasteiger partial charge in [0.05, 0.1) is 23.3 Å². The Morgan fingerprint density at radius 1 is 1.21 bits per heavy atom. The standard InChI is InChI=1S/C13H13N5O/c1-14-13-16-11-6-4-3-5-10(11)12(17-13)19-9-7-15-18(2)8-9/h3-8H,1-2H3,(H,14,16,17). The van der Waals surface area contributed by atoms with Crippen LogP contribution in [0.2, 0.25) is 0 Å². The molecule has 0 spiro atoms. The summed E-state index contributed by atoms with van der Waals surface area (Å²) in [5.41, 5.74) is 0.834. The van der Waals surface area contributed by atoms with Gasteiger partial charge in [0.2, 0.25) is 11.8 Å². The normalized spacial score (nSPS) is 10.6. The van der Waals surface area contributed by atoms with E-state index in [0.29, 0.717) is 17.6 Å². The van der Waals surface area contributed by atoms with Gasteiger partial charge in [-0.1, -0.05) is 12.1 Å². The highest BCUT2D eigenvalue weighted by Gasteiger charge is 2.09. The van der Waals surface area contributed by atoms with Crippen LogP contribution >= 0.6 is 0 Å². The summed E-state index contributed by atoms with van der Waals surface area (Å²) in [5, 5.41) is 7.86. The summed E-state index contributed by atoms with van der Waals surface area (Å²) in [6.45, 7) is 0. The van der Waals surface area contributed by atoms with Crippen LogP contribution in [-0.2, 0) is 7.05 Å². The highest BCUT2D eigenvalue weighted by Crippen LogP contribution is 2.27. The van der Waals surface area contributed by atoms with E-state index in [1.807, 2.05) is 31.3 Å². The monoisotopic (exact) mass is 255 g/mol. The zero-order valence-electron chi connectivity index (χ0n) is 10.7. The van der Waals surface area contributed by atoms with Gasteiger partial charge in [0.15, 0.2) is 5.75 Å². The zero-order chi connectivity index (χ0) is 13.2. The number of nitrogens with one attached hydrogen (secondary N) is 1. The van der Waals surface area contributed by atoms with Crippen molar-refractivity contribution in [2.75, 3.05) is 12.4 Å². The predicted octanol–water partition coefficient (Wildman–Crippen LogP) is 2.20. The molecule has 0 atom stereocenters. The third-order valence-electron chi connectivity index (χ3n) is 2.69. The van der Waals surface area contributed by atoms with Crippen molar-refractivity contribution >= 4 is 16.9 Å². The summed E-state index contributed by atoms with van der Waals surface area (Å²) in [7, 11) is 3.61. The first kappa shape index (κ1) is 11.5. The van der Waals surface area contributed by atoms with Crippen molar-refractivity contribution in [2.24, 2.45) is 7.05 Å². The average Bonchev–Trinajstić information content (AvgIpc) is 2.84. The number of hydrogen-bond acceptors (Lipinski definition) is 5. The van der Waals surface area contributed by atoms with Crippen LogP contribution in [-0.4, -0.2) is 26.8 Å². The number of fused-ring (bicyclic) bond motifs is 1. The van der Waals surface area contributed by atoms with Crippen LogP contribution in [0.5, 0.6) is 11.6 Å². The van der Waals surface area contributed by atoms with Gasteiger partial charge in [0, 0.05) is 14.1 Å². The number of hydrogen-bond donors (Lipinski definition) is 1. The van der Waals surface area contributed by atoms with Gasteiger partial charge in [-0.05, 0) is 12.1 Å². The molecule has 1 N–H and O–H groups in total. The molecule has 0 fully saturated rings. The molecule has 0 saturated heterocycles. The van der Waals surface area contributed by atoms with Crippen LogP contribution in [0.4, 0.5) is 5.95 Å². The van der Waals surface area contributed by atoms with Crippen LogP contribution in [0.15, 0.2) is 36.7 Å². The van der Waals surface area contributed by atoms with Gasteiger partial charge in [-0.3, -0.25) is 4.68 Å². The first-order chi connectivity index (χ1) is 9.26. The van der Waals surface area contributed by atoms with Crippen molar-refractivity contribution in [1.29, 1.82) is 0 Å². The highest BCUT2D eigenvalue weighted by atomic mass is 16.5. The Bertz CT molecular complexity index is 722. The average molecular weight is 255 g/mol. The first-order valence-corrected chi connectivity index (χ1v) is 5.87. The molecule has 1 aromatic carbocycles. The van der Waals surface area contributed by atoms with Gasteiger partial charge in [-0.25, -0.2) is 4.98 Å². The maximum Gasteiger partial charge on any atom is 0.232 e. The predicted molar refractivity (Wildman–Crippen MR) is 72.4 cm³/mol. The SMILES string of the molecule is CNc1nc(Oc2cnn(C)c2)c2ccccc2n1. The topological polar surface area (TPSA) is 64.9 Å². The molecule has 0 aliphatic heterocycles. The molecule has 3 rings (SSSR count). The number of para-hydroxylation sites is 1. The largest absolute Gasteiger partial charge is 0.435 e. The summed E-state index contributed by atoms with van der Waals surface area (Å²) < 4.78 is 7.46. The van der Waals surface area contributed by atoms with E-state index in [-0.39, 0.29) is 0 Å². The van der Waals surface area contributed by atoms with E-state index in [9.17, 15) is 0 Å². The number of ether oxygens (including phenoxy) is 1. The second-order valence-electron chi connectivity index (χ2n) is 4.07. The van der Waals surface area contributed by atoms with Crippen molar-refractivity contribution in [1.82, 2.24) is 19.7 Å². The molecular weight excluding hydrogens is 242 g/mol. The van der Waals surface area contributed by atoms with Gasteiger partial charge in [0.1, 0.15) is 0 Å². The summed E-state index contributed by atoms with van der Waals surface area (Å²) >= 11 is 0. The highest BCUT2D eigenvalue weighted by molar-refractivity contribution is 5.84.